The maximum atomic E-state index is 13.1. The average molecular weight is 827 g/mol. The first-order valence-corrected chi connectivity index (χ1v) is 22.5. The number of fused-ring (bicyclic) bond motifs is 3. The number of anilines is 2. The van der Waals surface area contributed by atoms with Gasteiger partial charge in [0.25, 0.3) is 0 Å². The highest BCUT2D eigenvalue weighted by atomic mass is 35.5. The molecule has 0 radical (unpaired) electrons. The monoisotopic (exact) mass is 825 g/mol. The van der Waals surface area contributed by atoms with Crippen LogP contribution in [0.25, 0.3) is 0 Å². The van der Waals surface area contributed by atoms with Crippen LogP contribution in [-0.4, -0.2) is 41.8 Å². The number of aliphatic carboxylic acids is 1. The lowest BCUT2D eigenvalue weighted by atomic mass is 9.59. The fraction of sp³-hybridized carbons (Fsp3) is 0.423. The molecule has 60 heavy (non-hydrogen) atoms. The Bertz CT molecular complexity index is 2250. The Balaban J connectivity index is 0.989. The van der Waals surface area contributed by atoms with Gasteiger partial charge in [0.1, 0.15) is 23.6 Å². The number of hydrogen-bond donors (Lipinski definition) is 2. The van der Waals surface area contributed by atoms with E-state index in [4.69, 9.17) is 26.1 Å². The molecule has 1 heterocycles. The van der Waals surface area contributed by atoms with Crippen LogP contribution in [0.1, 0.15) is 105 Å². The number of carboxylic acids is 1. The maximum absolute atomic E-state index is 13.1. The van der Waals surface area contributed by atoms with Gasteiger partial charge in [0.15, 0.2) is 0 Å². The Kier molecular flexibility index (Phi) is 12.7. The Hall–Kier alpha value is -5.01. The number of rotatable bonds is 16. The van der Waals surface area contributed by atoms with E-state index in [0.717, 1.165) is 74.2 Å². The topological polar surface area (TPSA) is 83.9 Å². The van der Waals surface area contributed by atoms with Crippen LogP contribution in [0, 0.1) is 11.8 Å². The number of ether oxygens (including phenoxy) is 2. The predicted octanol–water partition coefficient (Wildman–Crippen LogP) is 11.8. The van der Waals surface area contributed by atoms with E-state index in [0.29, 0.717) is 48.8 Å². The average Bonchev–Trinajstić information content (AvgIpc) is 3.54. The van der Waals surface area contributed by atoms with Crippen LogP contribution in [0.15, 0.2) is 109 Å². The lowest BCUT2D eigenvalue weighted by Gasteiger charge is -2.47. The minimum atomic E-state index is -1.08. The van der Waals surface area contributed by atoms with Gasteiger partial charge in [-0.25, -0.2) is 4.79 Å². The fourth-order valence-corrected chi connectivity index (χ4v) is 10.7. The number of hydrogen-bond acceptors (Lipinski definition) is 6. The molecule has 7 nitrogen and oxygen atoms in total. The smallest absolute Gasteiger partial charge is 0.329 e. The lowest BCUT2D eigenvalue weighted by Crippen LogP contribution is -2.53. The van der Waals surface area contributed by atoms with Crippen molar-refractivity contribution in [3.05, 3.63) is 148 Å². The number of nitrogens with zero attached hydrogens (tertiary/aromatic N) is 2. The second-order valence-corrected chi connectivity index (χ2v) is 18.4. The molecule has 1 unspecified atom stereocenters. The van der Waals surface area contributed by atoms with Gasteiger partial charge in [-0.1, -0.05) is 80.0 Å². The van der Waals surface area contributed by atoms with Gasteiger partial charge in [0, 0.05) is 47.4 Å². The molecule has 0 bridgehead atoms. The summed E-state index contributed by atoms with van der Waals surface area (Å²) in [5.74, 6) is 2.13. The largest absolute Gasteiger partial charge is 0.493 e. The fourth-order valence-electron chi connectivity index (χ4n) is 10.5. The molecule has 314 valence electrons. The number of aryl methyl sites for hydroxylation is 2. The van der Waals surface area contributed by atoms with Gasteiger partial charge in [-0.2, -0.15) is 0 Å². The first-order chi connectivity index (χ1) is 29.1. The van der Waals surface area contributed by atoms with Crippen molar-refractivity contribution in [1.29, 1.82) is 0 Å². The van der Waals surface area contributed by atoms with Crippen LogP contribution in [0.5, 0.6) is 11.5 Å². The molecule has 8 rings (SSSR count). The van der Waals surface area contributed by atoms with Gasteiger partial charge >= 0.3 is 5.97 Å². The molecule has 0 amide bonds. The Morgan fingerprint density at radius 2 is 1.75 bits per heavy atom. The molecule has 0 aliphatic heterocycles. The van der Waals surface area contributed by atoms with Crippen LogP contribution in [0.4, 0.5) is 11.4 Å². The molecule has 3 atom stereocenters. The summed E-state index contributed by atoms with van der Waals surface area (Å²) in [7, 11) is 2.16. The summed E-state index contributed by atoms with van der Waals surface area (Å²) in [4.78, 5) is 20.2. The zero-order valence-corrected chi connectivity index (χ0v) is 36.2. The molecule has 4 aromatic carbocycles. The highest BCUT2D eigenvalue weighted by Gasteiger charge is 2.54. The predicted molar refractivity (Wildman–Crippen MR) is 243 cm³/mol. The standard InChI is InChI=1S/C52H60ClN3O4/c1-36(34-60-48-22-27-54-47-19-7-11-37(2)49(47)48)29-41-31-40-20-21-45(59-35-39-14-8-18-44(30-39)56(3)28-10-15-38-12-5-4-6-13-38)33-46(40)51(41)23-25-52(26-24-51,50(57)58)55-43-17-9-16-42(53)32-43/h4-6,8-9,12-14,16-18,20-22,27,30,32-33,36-37,41,55H,7,10-11,15,19,23-26,28-29,31,34-35H2,1-3H3,(H,57,58)/t36-,37-,41?,51?,52?/m1/s1. The van der Waals surface area contributed by atoms with E-state index in [-0.39, 0.29) is 5.41 Å². The third-order valence-electron chi connectivity index (χ3n) is 13.8. The zero-order chi connectivity index (χ0) is 41.7. The van der Waals surface area contributed by atoms with Crippen molar-refractivity contribution >= 4 is 28.9 Å². The summed E-state index contributed by atoms with van der Waals surface area (Å²) in [6.45, 7) is 6.68. The molecule has 3 aliphatic rings. The van der Waals surface area contributed by atoms with E-state index < -0.39 is 11.5 Å². The Labute approximate surface area is 361 Å². The molecule has 1 saturated carbocycles. The quantitative estimate of drug-likeness (QED) is 0.102. The highest BCUT2D eigenvalue weighted by molar-refractivity contribution is 6.30. The SMILES string of the molecule is C[C@@H](COc1ccnc2c1[C@H](C)CCC2)CC1Cc2ccc(OCc3cccc(N(C)CCCc4ccccc4)c3)cc2C12CCC(Nc1cccc(Cl)c1)(C(=O)O)CC2. The van der Waals surface area contributed by atoms with E-state index in [1.165, 1.54) is 46.5 Å². The molecule has 1 fully saturated rings. The van der Waals surface area contributed by atoms with Gasteiger partial charge < -0.3 is 24.8 Å². The van der Waals surface area contributed by atoms with Crippen molar-refractivity contribution in [2.45, 2.75) is 108 Å². The molecule has 5 aromatic rings. The van der Waals surface area contributed by atoms with Crippen LogP contribution in [0.2, 0.25) is 5.02 Å². The van der Waals surface area contributed by atoms with Crippen molar-refractivity contribution in [2.24, 2.45) is 11.8 Å². The van der Waals surface area contributed by atoms with Crippen LogP contribution in [0.3, 0.4) is 0 Å². The maximum Gasteiger partial charge on any atom is 0.329 e. The van der Waals surface area contributed by atoms with Gasteiger partial charge in [0.05, 0.1) is 6.61 Å². The second kappa shape index (κ2) is 18.3. The Morgan fingerprint density at radius 1 is 0.950 bits per heavy atom. The molecule has 1 aromatic heterocycles. The van der Waals surface area contributed by atoms with Crippen LogP contribution < -0.4 is 19.7 Å². The first-order valence-electron chi connectivity index (χ1n) is 22.1. The summed E-state index contributed by atoms with van der Waals surface area (Å²) in [5, 5.41) is 14.8. The molecule has 2 N–H and O–H groups in total. The summed E-state index contributed by atoms with van der Waals surface area (Å²) < 4.78 is 13.2. The van der Waals surface area contributed by atoms with E-state index in [1.807, 2.05) is 36.5 Å². The lowest BCUT2D eigenvalue weighted by molar-refractivity contribution is -0.144. The summed E-state index contributed by atoms with van der Waals surface area (Å²) in [5.41, 5.74) is 8.32. The van der Waals surface area contributed by atoms with E-state index in [2.05, 4.69) is 104 Å². The number of halogens is 1. The van der Waals surface area contributed by atoms with Crippen molar-refractivity contribution in [2.75, 3.05) is 30.4 Å². The number of nitrogens with one attached hydrogen (secondary N) is 1. The minimum Gasteiger partial charge on any atom is -0.493 e. The molecular weight excluding hydrogens is 766 g/mol. The summed E-state index contributed by atoms with van der Waals surface area (Å²) in [6, 6.07) is 35.4. The Morgan fingerprint density at radius 3 is 2.55 bits per heavy atom. The molecule has 8 heteroatoms. The van der Waals surface area contributed by atoms with Crippen LogP contribution >= 0.6 is 11.6 Å². The summed E-state index contributed by atoms with van der Waals surface area (Å²) in [6.07, 6.45) is 11.9. The minimum absolute atomic E-state index is 0.176. The molecule has 3 aliphatic carbocycles. The normalized spacial score (nSPS) is 22.4. The van der Waals surface area contributed by atoms with Crippen LogP contribution in [-0.2, 0) is 36.1 Å². The van der Waals surface area contributed by atoms with E-state index in [1.54, 1.807) is 0 Å². The highest BCUT2D eigenvalue weighted by Crippen LogP contribution is 2.57. The van der Waals surface area contributed by atoms with Crippen molar-refractivity contribution < 1.29 is 19.4 Å². The van der Waals surface area contributed by atoms with Gasteiger partial charge in [0.2, 0.25) is 0 Å². The number of carbonyl (C=O) groups is 1. The van der Waals surface area contributed by atoms with E-state index >= 15 is 0 Å². The molecule has 0 saturated heterocycles. The number of benzene rings is 4. The van der Waals surface area contributed by atoms with Crippen molar-refractivity contribution in [3.8, 4) is 11.5 Å². The third kappa shape index (κ3) is 9.17. The van der Waals surface area contributed by atoms with Gasteiger partial charge in [-0.05, 0) is 165 Å². The number of carboxylic acid groups (broad SMARTS) is 1. The molecule has 1 spiro atoms. The number of aromatic nitrogens is 1. The number of pyridine rings is 1. The van der Waals surface area contributed by atoms with Crippen molar-refractivity contribution in [1.82, 2.24) is 4.98 Å². The van der Waals surface area contributed by atoms with Gasteiger partial charge in [-0.3, -0.25) is 4.98 Å². The zero-order valence-electron chi connectivity index (χ0n) is 35.5. The van der Waals surface area contributed by atoms with Crippen molar-refractivity contribution in [3.63, 3.8) is 0 Å². The first kappa shape index (κ1) is 41.7. The second-order valence-electron chi connectivity index (χ2n) is 18.0. The van der Waals surface area contributed by atoms with E-state index in [9.17, 15) is 9.90 Å². The summed E-state index contributed by atoms with van der Waals surface area (Å²) >= 11 is 6.34. The third-order valence-corrected chi connectivity index (χ3v) is 14.1. The molecular formula is C52H60ClN3O4. The van der Waals surface area contributed by atoms with Gasteiger partial charge in [-0.15, -0.1) is 0 Å².